The van der Waals surface area contributed by atoms with Crippen LogP contribution in [0.25, 0.3) is 0 Å². The van der Waals surface area contributed by atoms with Gasteiger partial charge in [0.1, 0.15) is 0 Å². The van der Waals surface area contributed by atoms with Gasteiger partial charge in [-0.25, -0.2) is 0 Å². The van der Waals surface area contributed by atoms with Crippen LogP contribution in [0.5, 0.6) is 0 Å². The minimum atomic E-state index is 0.387. The molecule has 1 unspecified atom stereocenters. The van der Waals surface area contributed by atoms with E-state index in [0.717, 1.165) is 0 Å². The lowest BCUT2D eigenvalue weighted by Gasteiger charge is -2.25. The van der Waals surface area contributed by atoms with Crippen LogP contribution in [-0.2, 0) is 0 Å². The van der Waals surface area contributed by atoms with Crippen LogP contribution in [0.15, 0.2) is 18.2 Å². The first-order valence-electron chi connectivity index (χ1n) is 4.18. The van der Waals surface area contributed by atoms with Crippen molar-refractivity contribution in [3.63, 3.8) is 0 Å². The molecule has 0 heterocycles. The van der Waals surface area contributed by atoms with Gasteiger partial charge in [-0.1, -0.05) is 18.2 Å². The van der Waals surface area contributed by atoms with Gasteiger partial charge in [-0.2, -0.15) is 0 Å². The molecule has 1 spiro atoms. The first kappa shape index (κ1) is 6.21. The van der Waals surface area contributed by atoms with Crippen molar-refractivity contribution >= 4 is 0 Å². The minimum Gasteiger partial charge on any atom is -0.0876 e. The lowest BCUT2D eigenvalue weighted by atomic mass is 9.79. The Balaban J connectivity index is 2.20. The van der Waals surface area contributed by atoms with Gasteiger partial charge in [-0.05, 0) is 38.2 Å². The quantitative estimate of drug-likeness (QED) is 0.446. The van der Waals surface area contributed by atoms with E-state index in [2.05, 4.69) is 24.3 Å². The molecule has 53 valence electrons. The Kier molecular flexibility index (Phi) is 1.40. The van der Waals surface area contributed by atoms with Gasteiger partial charge in [-0.15, -0.1) is 0 Å². The molecule has 0 N–H and O–H groups in total. The molecule has 0 amide bonds. The number of hydrogen-bond donors (Lipinski definition) is 0. The summed E-state index contributed by atoms with van der Waals surface area (Å²) in [5, 5.41) is 0. The Morgan fingerprint density at radius 2 is 2.20 bits per heavy atom. The van der Waals surface area contributed by atoms with Gasteiger partial charge in [0.05, 0.1) is 0 Å². The van der Waals surface area contributed by atoms with Crippen molar-refractivity contribution in [1.29, 1.82) is 0 Å². The molecule has 1 atom stereocenters. The van der Waals surface area contributed by atoms with Gasteiger partial charge in [0.2, 0.25) is 0 Å². The van der Waals surface area contributed by atoms with Crippen molar-refractivity contribution in [3.8, 4) is 0 Å². The van der Waals surface area contributed by atoms with E-state index in [0.29, 0.717) is 5.41 Å². The van der Waals surface area contributed by atoms with Crippen LogP contribution < -0.4 is 0 Å². The summed E-state index contributed by atoms with van der Waals surface area (Å²) in [4.78, 5) is 0. The highest BCUT2D eigenvalue weighted by molar-refractivity contribution is 5.13. The van der Waals surface area contributed by atoms with Crippen molar-refractivity contribution in [2.45, 2.75) is 32.1 Å². The highest BCUT2D eigenvalue weighted by Gasteiger charge is 2.27. The lowest BCUT2D eigenvalue weighted by molar-refractivity contribution is 0.399. The van der Waals surface area contributed by atoms with Crippen LogP contribution in [0.4, 0.5) is 0 Å². The average Bonchev–Trinajstić information content (AvgIpc) is 2.39. The summed E-state index contributed by atoms with van der Waals surface area (Å²) in [7, 11) is 0. The van der Waals surface area contributed by atoms with Crippen LogP contribution in [0, 0.1) is 11.5 Å². The number of rotatable bonds is 0. The summed E-state index contributed by atoms with van der Waals surface area (Å²) >= 11 is 0. The number of allylic oxidation sites excluding steroid dienone is 4. The summed E-state index contributed by atoms with van der Waals surface area (Å²) in [5.41, 5.74) is 0.387. The molecule has 0 heteroatoms. The summed E-state index contributed by atoms with van der Waals surface area (Å²) in [6.45, 7) is 0. The topological polar surface area (TPSA) is 0 Å². The second-order valence-corrected chi connectivity index (χ2v) is 3.34. The smallest absolute Gasteiger partial charge is 0.0135 e. The predicted octanol–water partition coefficient (Wildman–Crippen LogP) is 2.87. The molecule has 0 saturated carbocycles. The first-order chi connectivity index (χ1) is 4.91. The van der Waals surface area contributed by atoms with Crippen molar-refractivity contribution in [3.05, 3.63) is 24.3 Å². The zero-order valence-electron chi connectivity index (χ0n) is 6.27. The van der Waals surface area contributed by atoms with E-state index in [9.17, 15) is 0 Å². The van der Waals surface area contributed by atoms with E-state index in [4.69, 9.17) is 0 Å². The third kappa shape index (κ3) is 0.920. The van der Waals surface area contributed by atoms with Crippen LogP contribution in [0.2, 0.25) is 0 Å². The predicted molar refractivity (Wildman–Crippen MR) is 42.5 cm³/mol. The molecule has 2 rings (SSSR count). The highest BCUT2D eigenvalue weighted by atomic mass is 14.3. The van der Waals surface area contributed by atoms with E-state index in [1.54, 1.807) is 0 Å². The average molecular weight is 133 g/mol. The summed E-state index contributed by atoms with van der Waals surface area (Å²) < 4.78 is 0. The fraction of sp³-hybridized carbons (Fsp3) is 0.600. The molecule has 2 aliphatic rings. The van der Waals surface area contributed by atoms with Crippen molar-refractivity contribution in [1.82, 2.24) is 0 Å². The van der Waals surface area contributed by atoms with E-state index in [-0.39, 0.29) is 0 Å². The summed E-state index contributed by atoms with van der Waals surface area (Å²) in [6.07, 6.45) is 16.9. The van der Waals surface area contributed by atoms with Crippen LogP contribution >= 0.6 is 0 Å². The second-order valence-electron chi connectivity index (χ2n) is 3.34. The van der Waals surface area contributed by atoms with E-state index < -0.39 is 0 Å². The molecule has 0 aliphatic heterocycles. The van der Waals surface area contributed by atoms with Gasteiger partial charge < -0.3 is 0 Å². The molecule has 1 radical (unpaired) electrons. The monoisotopic (exact) mass is 133 g/mol. The third-order valence-electron chi connectivity index (χ3n) is 2.55. The van der Waals surface area contributed by atoms with Gasteiger partial charge in [0, 0.05) is 5.41 Å². The van der Waals surface area contributed by atoms with E-state index >= 15 is 0 Å². The molecule has 10 heavy (non-hydrogen) atoms. The van der Waals surface area contributed by atoms with Crippen LogP contribution in [0.3, 0.4) is 0 Å². The Labute approximate surface area is 62.6 Å². The maximum absolute atomic E-state index is 3.46. The Hall–Kier alpha value is -0.520. The largest absolute Gasteiger partial charge is 0.0876 e. The SMILES string of the molecule is [C]1=CCCC12C=CCCC2. The van der Waals surface area contributed by atoms with Crippen LogP contribution in [0.1, 0.15) is 32.1 Å². The second kappa shape index (κ2) is 2.26. The maximum Gasteiger partial charge on any atom is 0.0135 e. The highest BCUT2D eigenvalue weighted by Crippen LogP contribution is 2.39. The third-order valence-corrected chi connectivity index (χ3v) is 2.55. The normalized spacial score (nSPS) is 37.6. The zero-order valence-corrected chi connectivity index (χ0v) is 6.27. The van der Waals surface area contributed by atoms with Gasteiger partial charge in [0.25, 0.3) is 0 Å². The number of hydrogen-bond acceptors (Lipinski definition) is 0. The zero-order chi connectivity index (χ0) is 6.86. The Morgan fingerprint density at radius 1 is 1.20 bits per heavy atom. The van der Waals surface area contributed by atoms with Crippen molar-refractivity contribution in [2.24, 2.45) is 5.41 Å². The summed E-state index contributed by atoms with van der Waals surface area (Å²) in [6, 6.07) is 0. The molecule has 0 saturated heterocycles. The summed E-state index contributed by atoms with van der Waals surface area (Å²) in [5.74, 6) is 0. The molecular formula is C10H13. The van der Waals surface area contributed by atoms with Crippen molar-refractivity contribution < 1.29 is 0 Å². The Morgan fingerprint density at radius 3 is 2.80 bits per heavy atom. The lowest BCUT2D eigenvalue weighted by Crippen LogP contribution is -2.14. The van der Waals surface area contributed by atoms with Gasteiger partial charge in [-0.3, -0.25) is 0 Å². The molecule has 0 aromatic rings. The van der Waals surface area contributed by atoms with Gasteiger partial charge >= 0.3 is 0 Å². The van der Waals surface area contributed by atoms with Crippen molar-refractivity contribution in [2.75, 3.05) is 0 Å². The van der Waals surface area contributed by atoms with Crippen LogP contribution in [-0.4, -0.2) is 0 Å². The maximum atomic E-state index is 3.46. The van der Waals surface area contributed by atoms with Gasteiger partial charge in [0.15, 0.2) is 0 Å². The van der Waals surface area contributed by atoms with E-state index in [1.807, 2.05) is 0 Å². The molecule has 0 aromatic heterocycles. The minimum absolute atomic E-state index is 0.387. The molecule has 2 aliphatic carbocycles. The fourth-order valence-corrected chi connectivity index (χ4v) is 1.93. The van der Waals surface area contributed by atoms with E-state index in [1.165, 1.54) is 32.1 Å². The molecule has 0 aromatic carbocycles. The molecule has 0 fully saturated rings. The standard InChI is InChI=1S/C10H13/c1-2-6-10(7-3-1)8-4-5-9-10/h2,4,6H,1,3,5,7,9H2. The fourth-order valence-electron chi connectivity index (χ4n) is 1.93. The molecule has 0 nitrogen and oxygen atoms in total. The first-order valence-corrected chi connectivity index (χ1v) is 4.18. The molecule has 0 bridgehead atoms. The molecular weight excluding hydrogens is 120 g/mol. The Bertz CT molecular complexity index is 176.